The first-order chi connectivity index (χ1) is 10.7. The highest BCUT2D eigenvalue weighted by atomic mass is 16.6. The fraction of sp³-hybridized carbons (Fsp3) is 0.471. The molecule has 1 aromatic carbocycles. The molecule has 126 valence electrons. The number of carbonyl (C=O) groups is 3. The molecule has 0 heterocycles. The van der Waals surface area contributed by atoms with Crippen molar-refractivity contribution in [1.29, 1.82) is 0 Å². The predicted octanol–water partition coefficient (Wildman–Crippen LogP) is 1.99. The summed E-state index contributed by atoms with van der Waals surface area (Å²) in [6.07, 6.45) is -0.973. The number of hydrogen-bond donors (Lipinski definition) is 1. The van der Waals surface area contributed by atoms with E-state index in [4.69, 9.17) is 9.47 Å². The van der Waals surface area contributed by atoms with Crippen molar-refractivity contribution in [1.82, 2.24) is 5.32 Å². The van der Waals surface area contributed by atoms with Crippen molar-refractivity contribution < 1.29 is 23.9 Å². The minimum absolute atomic E-state index is 0.423. The van der Waals surface area contributed by atoms with Crippen molar-refractivity contribution in [2.45, 2.75) is 39.8 Å². The molecule has 6 nitrogen and oxygen atoms in total. The maximum atomic E-state index is 12.3. The van der Waals surface area contributed by atoms with Crippen LogP contribution in [0.1, 0.15) is 39.4 Å². The zero-order chi connectivity index (χ0) is 17.6. The number of esters is 2. The molecule has 0 aliphatic carbocycles. The standard InChI is InChI=1S/C17H23NO5/c1-11(19)18-13(15(20)22-5)14(12-9-7-6-8-10-12)23-16(21)17(2,3)4/h6-10,13-14H,1-5H3,(H,18,19)/t13-,14-/m0/s1. The lowest BCUT2D eigenvalue weighted by Crippen LogP contribution is -2.46. The molecule has 1 N–H and O–H groups in total. The summed E-state index contributed by atoms with van der Waals surface area (Å²) in [5.41, 5.74) is -0.154. The molecule has 0 aromatic heterocycles. The molecule has 0 saturated heterocycles. The highest BCUT2D eigenvalue weighted by Crippen LogP contribution is 2.27. The van der Waals surface area contributed by atoms with Gasteiger partial charge in [-0.25, -0.2) is 4.79 Å². The molecule has 0 radical (unpaired) electrons. The van der Waals surface area contributed by atoms with Crippen molar-refractivity contribution in [3.8, 4) is 0 Å². The van der Waals surface area contributed by atoms with Gasteiger partial charge in [-0.2, -0.15) is 0 Å². The Bertz CT molecular complexity index is 562. The number of amides is 1. The highest BCUT2D eigenvalue weighted by molar-refractivity contribution is 5.84. The van der Waals surface area contributed by atoms with Crippen LogP contribution in [0.25, 0.3) is 0 Å². The van der Waals surface area contributed by atoms with Crippen LogP contribution >= 0.6 is 0 Å². The number of nitrogens with one attached hydrogen (secondary N) is 1. The Morgan fingerprint density at radius 2 is 1.65 bits per heavy atom. The summed E-state index contributed by atoms with van der Waals surface area (Å²) in [6, 6.07) is 7.64. The Kier molecular flexibility index (Phi) is 6.30. The largest absolute Gasteiger partial charge is 0.467 e. The third kappa shape index (κ3) is 5.39. The summed E-state index contributed by atoms with van der Waals surface area (Å²) >= 11 is 0. The van der Waals surface area contributed by atoms with E-state index in [1.807, 2.05) is 0 Å². The molecule has 2 atom stereocenters. The molecule has 1 aromatic rings. The van der Waals surface area contributed by atoms with E-state index in [0.29, 0.717) is 5.56 Å². The molecule has 1 amide bonds. The second-order valence-electron chi connectivity index (χ2n) is 6.19. The average Bonchev–Trinajstić information content (AvgIpc) is 2.49. The first kappa shape index (κ1) is 18.7. The number of carbonyl (C=O) groups excluding carboxylic acids is 3. The third-order valence-electron chi connectivity index (χ3n) is 3.09. The van der Waals surface area contributed by atoms with Crippen LogP contribution in [-0.4, -0.2) is 31.0 Å². The third-order valence-corrected chi connectivity index (χ3v) is 3.09. The Morgan fingerprint density at radius 1 is 1.09 bits per heavy atom. The number of benzene rings is 1. The molecule has 0 aliphatic heterocycles. The molecule has 0 unspecified atom stereocenters. The second kappa shape index (κ2) is 7.76. The smallest absolute Gasteiger partial charge is 0.332 e. The first-order valence-corrected chi connectivity index (χ1v) is 7.27. The van der Waals surface area contributed by atoms with E-state index >= 15 is 0 Å². The first-order valence-electron chi connectivity index (χ1n) is 7.27. The Morgan fingerprint density at radius 3 is 2.09 bits per heavy atom. The maximum Gasteiger partial charge on any atom is 0.332 e. The van der Waals surface area contributed by atoms with Crippen LogP contribution in [0.4, 0.5) is 0 Å². The lowest BCUT2D eigenvalue weighted by atomic mass is 9.96. The summed E-state index contributed by atoms with van der Waals surface area (Å²) in [5.74, 6) is -1.59. The van der Waals surface area contributed by atoms with Crippen LogP contribution in [-0.2, 0) is 23.9 Å². The Balaban J connectivity index is 3.22. The van der Waals surface area contributed by atoms with E-state index in [9.17, 15) is 14.4 Å². The van der Waals surface area contributed by atoms with Crippen molar-refractivity contribution in [3.63, 3.8) is 0 Å². The van der Waals surface area contributed by atoms with E-state index in [1.54, 1.807) is 51.1 Å². The van der Waals surface area contributed by atoms with Crippen molar-refractivity contribution in [2.75, 3.05) is 7.11 Å². The van der Waals surface area contributed by atoms with Crippen LogP contribution in [0.5, 0.6) is 0 Å². The van der Waals surface area contributed by atoms with E-state index in [2.05, 4.69) is 5.32 Å². The number of methoxy groups -OCH3 is 1. The fourth-order valence-electron chi connectivity index (χ4n) is 1.87. The van der Waals surface area contributed by atoms with Gasteiger partial charge in [-0.15, -0.1) is 0 Å². The molecule has 23 heavy (non-hydrogen) atoms. The van der Waals surface area contributed by atoms with Gasteiger partial charge in [0.15, 0.2) is 12.1 Å². The SMILES string of the molecule is COC(=O)[C@@H](NC(C)=O)[C@@H](OC(=O)C(C)(C)C)c1ccccc1. The van der Waals surface area contributed by atoms with Crippen LogP contribution in [0, 0.1) is 5.41 Å². The Labute approximate surface area is 136 Å². The predicted molar refractivity (Wildman–Crippen MR) is 84.4 cm³/mol. The van der Waals surface area contributed by atoms with Crippen LogP contribution in [0.3, 0.4) is 0 Å². The number of ether oxygens (including phenoxy) is 2. The topological polar surface area (TPSA) is 81.7 Å². The van der Waals surface area contributed by atoms with Gasteiger partial charge in [-0.1, -0.05) is 30.3 Å². The molecule has 0 bridgehead atoms. The zero-order valence-electron chi connectivity index (χ0n) is 14.1. The molecule has 1 rings (SSSR count). The normalized spacial score (nSPS) is 13.6. The summed E-state index contributed by atoms with van der Waals surface area (Å²) in [7, 11) is 1.21. The minimum atomic E-state index is -1.12. The quantitative estimate of drug-likeness (QED) is 0.839. The molecule has 0 fully saturated rings. The summed E-state index contributed by atoms with van der Waals surface area (Å²) in [5, 5.41) is 2.50. The van der Waals surface area contributed by atoms with Crippen LogP contribution in [0.15, 0.2) is 30.3 Å². The van der Waals surface area contributed by atoms with Gasteiger partial charge in [0.05, 0.1) is 12.5 Å². The fourth-order valence-corrected chi connectivity index (χ4v) is 1.87. The molecule has 0 aliphatic rings. The van der Waals surface area contributed by atoms with Crippen LogP contribution < -0.4 is 5.32 Å². The van der Waals surface area contributed by atoms with E-state index in [-0.39, 0.29) is 0 Å². The lowest BCUT2D eigenvalue weighted by Gasteiger charge is -2.28. The number of rotatable bonds is 5. The van der Waals surface area contributed by atoms with Gasteiger partial charge >= 0.3 is 11.9 Å². The van der Waals surface area contributed by atoms with Gasteiger partial charge in [-0.05, 0) is 26.3 Å². The summed E-state index contributed by atoms with van der Waals surface area (Å²) in [4.78, 5) is 35.8. The molecule has 0 spiro atoms. The van der Waals surface area contributed by atoms with Gasteiger partial charge in [0, 0.05) is 6.92 Å². The lowest BCUT2D eigenvalue weighted by molar-refractivity contribution is -0.165. The monoisotopic (exact) mass is 321 g/mol. The van der Waals surface area contributed by atoms with E-state index in [0.717, 1.165) is 0 Å². The van der Waals surface area contributed by atoms with E-state index < -0.39 is 35.4 Å². The minimum Gasteiger partial charge on any atom is -0.467 e. The van der Waals surface area contributed by atoms with Crippen molar-refractivity contribution >= 4 is 17.8 Å². The molecular formula is C17H23NO5. The van der Waals surface area contributed by atoms with Gasteiger partial charge in [-0.3, -0.25) is 9.59 Å². The summed E-state index contributed by atoms with van der Waals surface area (Å²) in [6.45, 7) is 6.42. The van der Waals surface area contributed by atoms with Crippen molar-refractivity contribution in [2.24, 2.45) is 5.41 Å². The molecular weight excluding hydrogens is 298 g/mol. The maximum absolute atomic E-state index is 12.3. The summed E-state index contributed by atoms with van der Waals surface area (Å²) < 4.78 is 10.3. The van der Waals surface area contributed by atoms with Gasteiger partial charge in [0.25, 0.3) is 0 Å². The highest BCUT2D eigenvalue weighted by Gasteiger charge is 2.36. The number of hydrogen-bond acceptors (Lipinski definition) is 5. The second-order valence-corrected chi connectivity index (χ2v) is 6.19. The average molecular weight is 321 g/mol. The van der Waals surface area contributed by atoms with Crippen molar-refractivity contribution in [3.05, 3.63) is 35.9 Å². The van der Waals surface area contributed by atoms with Gasteiger partial charge in [0.2, 0.25) is 5.91 Å². The van der Waals surface area contributed by atoms with Gasteiger partial charge in [0.1, 0.15) is 0 Å². The Hall–Kier alpha value is -2.37. The van der Waals surface area contributed by atoms with E-state index in [1.165, 1.54) is 14.0 Å². The molecule has 6 heteroatoms. The van der Waals surface area contributed by atoms with Crippen LogP contribution in [0.2, 0.25) is 0 Å². The molecule has 0 saturated carbocycles. The zero-order valence-corrected chi connectivity index (χ0v) is 14.1. The van der Waals surface area contributed by atoms with Gasteiger partial charge < -0.3 is 14.8 Å².